The van der Waals surface area contributed by atoms with Crippen LogP contribution in [-0.4, -0.2) is 41.9 Å². The highest BCUT2D eigenvalue weighted by atomic mass is 35.5. The normalized spacial score (nSPS) is 14.9. The average Bonchev–Trinajstić information content (AvgIpc) is 2.56. The number of halogens is 1. The van der Waals surface area contributed by atoms with Crippen molar-refractivity contribution < 1.29 is 4.79 Å². The largest absolute Gasteiger partial charge is 0.383 e. The molecule has 0 saturated carbocycles. The fourth-order valence-corrected chi connectivity index (χ4v) is 2.59. The highest BCUT2D eigenvalue weighted by Gasteiger charge is 2.20. The molecule has 3 heterocycles. The summed E-state index contributed by atoms with van der Waals surface area (Å²) in [5.41, 5.74) is 6.29. The maximum Gasteiger partial charge on any atom is 0.216 e. The number of nitrogens with one attached hydrogen (secondary N) is 1. The Morgan fingerprint density at radius 3 is 2.77 bits per heavy atom. The molecule has 1 aliphatic rings. The second kappa shape index (κ2) is 6.29. The third kappa shape index (κ3) is 2.88. The summed E-state index contributed by atoms with van der Waals surface area (Å²) in [6, 6.07) is 6.82. The second-order valence-electron chi connectivity index (χ2n) is 5.00. The van der Waals surface area contributed by atoms with Crippen LogP contribution in [0.5, 0.6) is 0 Å². The molecule has 0 radical (unpaired) electrons. The molecule has 1 fully saturated rings. The third-order valence-corrected chi connectivity index (χ3v) is 3.88. The monoisotopic (exact) mass is 317 g/mol. The van der Waals surface area contributed by atoms with Crippen molar-refractivity contribution in [2.45, 2.75) is 0 Å². The van der Waals surface area contributed by atoms with Gasteiger partial charge in [-0.1, -0.05) is 11.6 Å². The molecule has 0 spiro atoms. The number of hydrogen-bond acceptors (Lipinski definition) is 6. The lowest BCUT2D eigenvalue weighted by atomic mass is 10.1. The number of nitrogens with zero attached hydrogens (tertiary/aromatic N) is 3. The lowest BCUT2D eigenvalue weighted by molar-refractivity contribution is 0.103. The summed E-state index contributed by atoms with van der Waals surface area (Å²) >= 11 is 6.16. The van der Waals surface area contributed by atoms with E-state index in [9.17, 15) is 4.79 Å². The molecule has 0 aliphatic carbocycles. The smallest absolute Gasteiger partial charge is 0.216 e. The van der Waals surface area contributed by atoms with Crippen LogP contribution >= 0.6 is 11.6 Å². The fourth-order valence-electron chi connectivity index (χ4n) is 2.40. The fraction of sp³-hybridized carbons (Fsp3) is 0.267. The first-order valence-electron chi connectivity index (χ1n) is 7.04. The van der Waals surface area contributed by atoms with Gasteiger partial charge < -0.3 is 16.0 Å². The maximum absolute atomic E-state index is 12.6. The van der Waals surface area contributed by atoms with Gasteiger partial charge in [-0.05, 0) is 24.3 Å². The zero-order chi connectivity index (χ0) is 15.5. The number of carbonyl (C=O) groups is 1. The number of hydrogen-bond donors (Lipinski definition) is 2. The zero-order valence-electron chi connectivity index (χ0n) is 11.9. The van der Waals surface area contributed by atoms with E-state index in [2.05, 4.69) is 20.2 Å². The third-order valence-electron chi connectivity index (χ3n) is 3.57. The van der Waals surface area contributed by atoms with Crippen molar-refractivity contribution in [3.63, 3.8) is 0 Å². The van der Waals surface area contributed by atoms with Crippen LogP contribution < -0.4 is 16.0 Å². The Labute approximate surface area is 133 Å². The quantitative estimate of drug-likeness (QED) is 0.831. The Balaban J connectivity index is 1.96. The number of rotatable bonds is 3. The number of pyridine rings is 2. The number of aromatic nitrogens is 2. The van der Waals surface area contributed by atoms with Gasteiger partial charge in [0.2, 0.25) is 5.78 Å². The number of nitrogen functional groups attached to an aromatic ring is 1. The van der Waals surface area contributed by atoms with Crippen LogP contribution in [0.4, 0.5) is 11.6 Å². The van der Waals surface area contributed by atoms with Crippen molar-refractivity contribution in [3.05, 3.63) is 46.7 Å². The SMILES string of the molecule is Nc1ncccc1C(=O)c1nc(N2CCNCC2)ccc1Cl. The first-order chi connectivity index (χ1) is 10.7. The molecule has 2 aromatic rings. The van der Waals surface area contributed by atoms with E-state index in [1.54, 1.807) is 18.2 Å². The van der Waals surface area contributed by atoms with Gasteiger partial charge >= 0.3 is 0 Å². The molecule has 1 aliphatic heterocycles. The lowest BCUT2D eigenvalue weighted by Crippen LogP contribution is -2.44. The van der Waals surface area contributed by atoms with Gasteiger partial charge in [0.15, 0.2) is 0 Å². The van der Waals surface area contributed by atoms with Gasteiger partial charge in [-0.15, -0.1) is 0 Å². The summed E-state index contributed by atoms with van der Waals surface area (Å²) in [5, 5.41) is 3.59. The van der Waals surface area contributed by atoms with Gasteiger partial charge in [0, 0.05) is 32.4 Å². The Morgan fingerprint density at radius 1 is 1.27 bits per heavy atom. The standard InChI is InChI=1S/C15H16ClN5O/c16-11-3-4-12(21-8-6-18-7-9-21)20-13(11)14(22)10-2-1-5-19-15(10)17/h1-5,18H,6-9H2,(H2,17,19). The topological polar surface area (TPSA) is 84.1 Å². The molecule has 3 rings (SSSR count). The molecule has 0 bridgehead atoms. The van der Waals surface area contributed by atoms with Crippen LogP contribution in [0.15, 0.2) is 30.5 Å². The van der Waals surface area contributed by atoms with E-state index in [1.165, 1.54) is 6.20 Å². The Bertz CT molecular complexity index is 700. The average molecular weight is 318 g/mol. The summed E-state index contributed by atoms with van der Waals surface area (Å²) in [6.07, 6.45) is 1.54. The number of ketones is 1. The minimum absolute atomic E-state index is 0.179. The zero-order valence-corrected chi connectivity index (χ0v) is 12.7. The van der Waals surface area contributed by atoms with Crippen LogP contribution in [0.1, 0.15) is 16.1 Å². The first kappa shape index (κ1) is 14.7. The predicted molar refractivity (Wildman–Crippen MR) is 86.4 cm³/mol. The van der Waals surface area contributed by atoms with Crippen molar-refractivity contribution in [1.82, 2.24) is 15.3 Å². The Hall–Kier alpha value is -2.18. The molecule has 0 atom stereocenters. The van der Waals surface area contributed by atoms with Crippen molar-refractivity contribution in [3.8, 4) is 0 Å². The number of carbonyl (C=O) groups excluding carboxylic acids is 1. The van der Waals surface area contributed by atoms with Gasteiger partial charge in [0.25, 0.3) is 0 Å². The molecule has 0 aromatic carbocycles. The summed E-state index contributed by atoms with van der Waals surface area (Å²) in [6.45, 7) is 3.47. The van der Waals surface area contributed by atoms with Gasteiger partial charge in [0.1, 0.15) is 17.3 Å². The van der Waals surface area contributed by atoms with Crippen LogP contribution in [0.25, 0.3) is 0 Å². The summed E-state index contributed by atoms with van der Waals surface area (Å²) < 4.78 is 0. The molecule has 2 aromatic heterocycles. The minimum Gasteiger partial charge on any atom is -0.383 e. The van der Waals surface area contributed by atoms with Crippen LogP contribution in [-0.2, 0) is 0 Å². The molecule has 0 amide bonds. The molecule has 114 valence electrons. The summed E-state index contributed by atoms with van der Waals surface area (Å²) in [4.78, 5) is 23.1. The summed E-state index contributed by atoms with van der Waals surface area (Å²) in [7, 11) is 0. The predicted octanol–water partition coefficient (Wildman–Crippen LogP) is 1.35. The second-order valence-corrected chi connectivity index (χ2v) is 5.41. The van der Waals surface area contributed by atoms with Crippen molar-refractivity contribution in [2.24, 2.45) is 0 Å². The molecule has 0 unspecified atom stereocenters. The van der Waals surface area contributed by atoms with E-state index in [1.807, 2.05) is 6.07 Å². The number of anilines is 2. The van der Waals surface area contributed by atoms with E-state index >= 15 is 0 Å². The van der Waals surface area contributed by atoms with Crippen LogP contribution in [0.3, 0.4) is 0 Å². The minimum atomic E-state index is -0.312. The van der Waals surface area contributed by atoms with Crippen LogP contribution in [0.2, 0.25) is 5.02 Å². The Morgan fingerprint density at radius 2 is 2.05 bits per heavy atom. The first-order valence-corrected chi connectivity index (χ1v) is 7.42. The van der Waals surface area contributed by atoms with Crippen LogP contribution in [0, 0.1) is 0 Å². The van der Waals surface area contributed by atoms with Gasteiger partial charge in [-0.2, -0.15) is 0 Å². The summed E-state index contributed by atoms with van der Waals surface area (Å²) in [5.74, 6) is 0.613. The molecule has 3 N–H and O–H groups in total. The van der Waals surface area contributed by atoms with Gasteiger partial charge in [-0.3, -0.25) is 4.79 Å². The van der Waals surface area contributed by atoms with E-state index in [0.29, 0.717) is 10.6 Å². The number of piperazine rings is 1. The maximum atomic E-state index is 12.6. The highest BCUT2D eigenvalue weighted by Crippen LogP contribution is 2.23. The van der Waals surface area contributed by atoms with Crippen molar-refractivity contribution in [1.29, 1.82) is 0 Å². The van der Waals surface area contributed by atoms with E-state index in [-0.39, 0.29) is 17.3 Å². The Kier molecular flexibility index (Phi) is 4.22. The van der Waals surface area contributed by atoms with Crippen molar-refractivity contribution >= 4 is 29.0 Å². The number of nitrogens with two attached hydrogens (primary N) is 1. The van der Waals surface area contributed by atoms with E-state index in [4.69, 9.17) is 17.3 Å². The van der Waals surface area contributed by atoms with E-state index in [0.717, 1.165) is 32.0 Å². The molecule has 22 heavy (non-hydrogen) atoms. The van der Waals surface area contributed by atoms with Gasteiger partial charge in [-0.25, -0.2) is 9.97 Å². The molecular formula is C15H16ClN5O. The molecule has 7 heteroatoms. The van der Waals surface area contributed by atoms with E-state index < -0.39 is 0 Å². The molecular weight excluding hydrogens is 302 g/mol. The van der Waals surface area contributed by atoms with Crippen molar-refractivity contribution in [2.75, 3.05) is 36.8 Å². The lowest BCUT2D eigenvalue weighted by Gasteiger charge is -2.28. The highest BCUT2D eigenvalue weighted by molar-refractivity contribution is 6.34. The molecule has 6 nitrogen and oxygen atoms in total. The molecule has 1 saturated heterocycles. The van der Waals surface area contributed by atoms with Gasteiger partial charge in [0.05, 0.1) is 10.6 Å².